The van der Waals surface area contributed by atoms with Gasteiger partial charge in [0.2, 0.25) is 5.91 Å². The first-order valence-electron chi connectivity index (χ1n) is 7.10. The highest BCUT2D eigenvalue weighted by molar-refractivity contribution is 5.84. The van der Waals surface area contributed by atoms with Crippen LogP contribution in [0, 0.1) is 0 Å². The maximum absolute atomic E-state index is 11.8. The topological polar surface area (TPSA) is 66.4 Å². The Bertz CT molecular complexity index is 651. The van der Waals surface area contributed by atoms with Gasteiger partial charge in [-0.1, -0.05) is 49.4 Å². The van der Waals surface area contributed by atoms with Crippen molar-refractivity contribution in [2.24, 2.45) is 0 Å². The summed E-state index contributed by atoms with van der Waals surface area (Å²) in [6, 6.07) is 13.4. The highest BCUT2D eigenvalue weighted by Gasteiger charge is 2.17. The molecule has 21 heavy (non-hydrogen) atoms. The Hall–Kier alpha value is -2.36. The van der Waals surface area contributed by atoms with Gasteiger partial charge in [0.25, 0.3) is 0 Å². The molecule has 2 aromatic rings. The van der Waals surface area contributed by atoms with Gasteiger partial charge in [-0.2, -0.15) is 0 Å². The van der Waals surface area contributed by atoms with Gasteiger partial charge in [0.05, 0.1) is 0 Å². The summed E-state index contributed by atoms with van der Waals surface area (Å²) in [5, 5.41) is 13.8. The van der Waals surface area contributed by atoms with Crippen LogP contribution in [-0.2, 0) is 16.0 Å². The molecule has 4 heteroatoms. The van der Waals surface area contributed by atoms with Crippen LogP contribution in [-0.4, -0.2) is 23.0 Å². The molecular formula is C17H19NO3. The number of carboxylic acids is 1. The maximum Gasteiger partial charge on any atom is 0.326 e. The first-order valence-corrected chi connectivity index (χ1v) is 7.10. The minimum absolute atomic E-state index is 0.225. The van der Waals surface area contributed by atoms with Gasteiger partial charge in [-0.15, -0.1) is 0 Å². The molecule has 2 aromatic carbocycles. The molecule has 0 aromatic heterocycles. The Kier molecular flexibility index (Phi) is 4.93. The third-order valence-electron chi connectivity index (χ3n) is 3.50. The molecule has 0 aliphatic carbocycles. The zero-order valence-electron chi connectivity index (χ0n) is 12.0. The van der Waals surface area contributed by atoms with Crippen molar-refractivity contribution in [3.05, 3.63) is 48.0 Å². The van der Waals surface area contributed by atoms with Crippen LogP contribution in [0.1, 0.15) is 25.3 Å². The van der Waals surface area contributed by atoms with Crippen LogP contribution in [0.15, 0.2) is 42.5 Å². The number of carbonyl (C=O) groups excluding carboxylic acids is 1. The lowest BCUT2D eigenvalue weighted by molar-refractivity contribution is -0.141. The maximum atomic E-state index is 11.8. The molecule has 1 atom stereocenters. The number of carboxylic acid groups (broad SMARTS) is 1. The first kappa shape index (κ1) is 15.0. The van der Waals surface area contributed by atoms with Crippen molar-refractivity contribution < 1.29 is 14.7 Å². The van der Waals surface area contributed by atoms with Crippen LogP contribution in [0.2, 0.25) is 0 Å². The fourth-order valence-electron chi connectivity index (χ4n) is 2.26. The van der Waals surface area contributed by atoms with Crippen molar-refractivity contribution in [1.82, 2.24) is 5.32 Å². The van der Waals surface area contributed by atoms with E-state index in [9.17, 15) is 9.59 Å². The van der Waals surface area contributed by atoms with Gasteiger partial charge in [0, 0.05) is 6.42 Å². The number of carbonyl (C=O) groups is 2. The summed E-state index contributed by atoms with van der Waals surface area (Å²) in [4.78, 5) is 22.7. The minimum atomic E-state index is -0.989. The normalized spacial score (nSPS) is 12.0. The molecule has 1 unspecified atom stereocenters. The van der Waals surface area contributed by atoms with E-state index in [1.54, 1.807) is 6.92 Å². The molecule has 2 N–H and O–H groups in total. The lowest BCUT2D eigenvalue weighted by Crippen LogP contribution is -2.40. The average Bonchev–Trinajstić information content (AvgIpc) is 2.50. The molecule has 1 amide bonds. The number of amides is 1. The summed E-state index contributed by atoms with van der Waals surface area (Å²) in [6.07, 6.45) is 1.28. The van der Waals surface area contributed by atoms with E-state index in [1.165, 1.54) is 5.39 Å². The highest BCUT2D eigenvalue weighted by Crippen LogP contribution is 2.16. The van der Waals surface area contributed by atoms with Crippen LogP contribution >= 0.6 is 0 Å². The fraction of sp³-hybridized carbons (Fsp3) is 0.294. The summed E-state index contributed by atoms with van der Waals surface area (Å²) in [5.74, 6) is -1.21. The minimum Gasteiger partial charge on any atom is -0.480 e. The quantitative estimate of drug-likeness (QED) is 0.857. The molecule has 0 bridgehead atoms. The fourth-order valence-corrected chi connectivity index (χ4v) is 2.26. The molecule has 0 saturated heterocycles. The second kappa shape index (κ2) is 6.88. The lowest BCUT2D eigenvalue weighted by Gasteiger charge is -2.12. The lowest BCUT2D eigenvalue weighted by atomic mass is 10.0. The molecule has 0 aliphatic rings. The van der Waals surface area contributed by atoms with E-state index in [4.69, 9.17) is 5.11 Å². The van der Waals surface area contributed by atoms with E-state index in [2.05, 4.69) is 11.4 Å². The molecule has 0 aliphatic heterocycles. The van der Waals surface area contributed by atoms with Crippen LogP contribution in [0.4, 0.5) is 0 Å². The van der Waals surface area contributed by atoms with E-state index in [1.807, 2.05) is 36.4 Å². The Balaban J connectivity index is 1.95. The van der Waals surface area contributed by atoms with Crippen LogP contribution in [0.25, 0.3) is 10.8 Å². The van der Waals surface area contributed by atoms with E-state index in [0.29, 0.717) is 19.3 Å². The van der Waals surface area contributed by atoms with Gasteiger partial charge >= 0.3 is 5.97 Å². The van der Waals surface area contributed by atoms with Crippen molar-refractivity contribution in [1.29, 1.82) is 0 Å². The van der Waals surface area contributed by atoms with Gasteiger partial charge in [-0.05, 0) is 29.2 Å². The number of rotatable bonds is 6. The number of benzene rings is 2. The number of fused-ring (bicyclic) bond motifs is 1. The molecule has 0 radical (unpaired) electrons. The molecular weight excluding hydrogens is 266 g/mol. The Morgan fingerprint density at radius 2 is 1.86 bits per heavy atom. The van der Waals surface area contributed by atoms with Gasteiger partial charge < -0.3 is 10.4 Å². The average molecular weight is 285 g/mol. The predicted molar refractivity (Wildman–Crippen MR) is 82.1 cm³/mol. The van der Waals surface area contributed by atoms with Gasteiger partial charge in [-0.25, -0.2) is 4.79 Å². The SMILES string of the molecule is CCC(NC(=O)CCc1ccc2ccccc2c1)C(=O)O. The van der Waals surface area contributed by atoms with E-state index >= 15 is 0 Å². The molecule has 0 spiro atoms. The molecule has 2 rings (SSSR count). The second-order valence-electron chi connectivity index (χ2n) is 5.05. The number of hydrogen-bond donors (Lipinski definition) is 2. The van der Waals surface area contributed by atoms with Crippen molar-refractivity contribution in [2.45, 2.75) is 32.2 Å². The molecule has 110 valence electrons. The van der Waals surface area contributed by atoms with Crippen LogP contribution < -0.4 is 5.32 Å². The van der Waals surface area contributed by atoms with E-state index in [-0.39, 0.29) is 5.91 Å². The van der Waals surface area contributed by atoms with Gasteiger partial charge in [0.15, 0.2) is 0 Å². The molecule has 0 heterocycles. The van der Waals surface area contributed by atoms with Gasteiger partial charge in [0.1, 0.15) is 6.04 Å². The van der Waals surface area contributed by atoms with Gasteiger partial charge in [-0.3, -0.25) is 4.79 Å². The third-order valence-corrected chi connectivity index (χ3v) is 3.50. The van der Waals surface area contributed by atoms with Crippen molar-refractivity contribution in [2.75, 3.05) is 0 Å². The summed E-state index contributed by atoms with van der Waals surface area (Å²) in [6.45, 7) is 1.74. The highest BCUT2D eigenvalue weighted by atomic mass is 16.4. The smallest absolute Gasteiger partial charge is 0.326 e. The molecule has 0 saturated carbocycles. The third kappa shape index (κ3) is 4.05. The number of hydrogen-bond acceptors (Lipinski definition) is 2. The standard InChI is InChI=1S/C17H19NO3/c1-2-15(17(20)21)18-16(19)10-8-12-7-9-13-5-3-4-6-14(13)11-12/h3-7,9,11,15H,2,8,10H2,1H3,(H,18,19)(H,20,21). The monoisotopic (exact) mass is 285 g/mol. The predicted octanol–water partition coefficient (Wildman–Crippen LogP) is 2.75. The zero-order valence-corrected chi connectivity index (χ0v) is 12.0. The van der Waals surface area contributed by atoms with E-state index in [0.717, 1.165) is 10.9 Å². The Labute approximate surface area is 123 Å². The largest absolute Gasteiger partial charge is 0.480 e. The summed E-state index contributed by atoms with van der Waals surface area (Å²) in [7, 11) is 0. The Morgan fingerprint density at radius 3 is 2.52 bits per heavy atom. The number of nitrogens with one attached hydrogen (secondary N) is 1. The van der Waals surface area contributed by atoms with Crippen molar-refractivity contribution in [3.63, 3.8) is 0 Å². The van der Waals surface area contributed by atoms with Crippen molar-refractivity contribution >= 4 is 22.6 Å². The van der Waals surface area contributed by atoms with Crippen LogP contribution in [0.5, 0.6) is 0 Å². The van der Waals surface area contributed by atoms with Crippen molar-refractivity contribution in [3.8, 4) is 0 Å². The summed E-state index contributed by atoms with van der Waals surface area (Å²) >= 11 is 0. The number of aryl methyl sites for hydroxylation is 1. The number of aliphatic carboxylic acids is 1. The van der Waals surface area contributed by atoms with E-state index < -0.39 is 12.0 Å². The summed E-state index contributed by atoms with van der Waals surface area (Å²) < 4.78 is 0. The zero-order chi connectivity index (χ0) is 15.2. The van der Waals surface area contributed by atoms with Crippen LogP contribution in [0.3, 0.4) is 0 Å². The second-order valence-corrected chi connectivity index (χ2v) is 5.05. The molecule has 0 fully saturated rings. The first-order chi connectivity index (χ1) is 10.1. The molecule has 4 nitrogen and oxygen atoms in total. The summed E-state index contributed by atoms with van der Waals surface area (Å²) in [5.41, 5.74) is 1.08. The Morgan fingerprint density at radius 1 is 1.14 bits per heavy atom.